The highest BCUT2D eigenvalue weighted by molar-refractivity contribution is 5.91. The molecule has 0 radical (unpaired) electrons. The maximum Gasteiger partial charge on any atom is 0.167 e. The van der Waals surface area contributed by atoms with Gasteiger partial charge in [0.25, 0.3) is 0 Å². The van der Waals surface area contributed by atoms with Crippen LogP contribution in [-0.2, 0) is 6.61 Å². The molecule has 4 rings (SSSR count). The Hall–Kier alpha value is -3.33. The Morgan fingerprint density at radius 1 is 0.966 bits per heavy atom. The van der Waals surface area contributed by atoms with Crippen LogP contribution in [0.2, 0.25) is 0 Å². The average molecular weight is 383 g/mol. The van der Waals surface area contributed by atoms with Gasteiger partial charge in [0.2, 0.25) is 0 Å². The number of hydrogen-bond donors (Lipinski definition) is 0. The van der Waals surface area contributed by atoms with Crippen LogP contribution in [0.5, 0.6) is 5.75 Å². The lowest BCUT2D eigenvalue weighted by Crippen LogP contribution is -2.00. The van der Waals surface area contributed by atoms with Gasteiger partial charge in [0.1, 0.15) is 12.4 Å². The first-order chi connectivity index (χ1) is 14.2. The lowest BCUT2D eigenvalue weighted by atomic mass is 9.94. The number of rotatable bonds is 7. The first-order valence-electron chi connectivity index (χ1n) is 10.1. The number of hydrogen-bond acceptors (Lipinski definition) is 2. The van der Waals surface area contributed by atoms with Crippen molar-refractivity contribution >= 4 is 11.8 Å². The monoisotopic (exact) mass is 383 g/mol. The van der Waals surface area contributed by atoms with E-state index in [1.54, 1.807) is 0 Å². The highest BCUT2D eigenvalue weighted by atomic mass is 16.5. The number of benzene rings is 2. The van der Waals surface area contributed by atoms with Crippen LogP contribution in [0.25, 0.3) is 16.6 Å². The van der Waals surface area contributed by atoms with E-state index in [4.69, 9.17) is 4.74 Å². The molecule has 146 valence electrons. The third-order valence-electron chi connectivity index (χ3n) is 5.54. The number of carbonyl (C=O) groups is 1. The summed E-state index contributed by atoms with van der Waals surface area (Å²) in [7, 11) is 0. The third kappa shape index (κ3) is 3.81. The smallest absolute Gasteiger partial charge is 0.167 e. The molecule has 0 aliphatic heterocycles. The Labute approximate surface area is 171 Å². The number of aldehydes is 1. The summed E-state index contributed by atoms with van der Waals surface area (Å²) in [6, 6.07) is 24.5. The molecule has 2 heterocycles. The van der Waals surface area contributed by atoms with E-state index < -0.39 is 0 Å². The molecule has 0 saturated carbocycles. The predicted octanol–water partition coefficient (Wildman–Crippen LogP) is 6.51. The number of pyridine rings is 1. The van der Waals surface area contributed by atoms with Gasteiger partial charge in [0.15, 0.2) is 6.29 Å². The summed E-state index contributed by atoms with van der Waals surface area (Å²) in [5, 5.41) is 0. The first kappa shape index (κ1) is 19.0. The zero-order valence-electron chi connectivity index (χ0n) is 16.8. The number of aromatic nitrogens is 1. The fourth-order valence-electron chi connectivity index (χ4n) is 3.64. The average Bonchev–Trinajstić information content (AvgIpc) is 3.16. The summed E-state index contributed by atoms with van der Waals surface area (Å²) in [6.45, 7) is 4.90. The van der Waals surface area contributed by atoms with Gasteiger partial charge in [-0.2, -0.15) is 0 Å². The van der Waals surface area contributed by atoms with Gasteiger partial charge >= 0.3 is 0 Å². The van der Waals surface area contributed by atoms with E-state index in [2.05, 4.69) is 44.2 Å². The molecule has 0 bridgehead atoms. The largest absolute Gasteiger partial charge is 0.488 e. The molecule has 0 spiro atoms. The molecule has 0 saturated heterocycles. The molecule has 0 N–H and O–H groups in total. The van der Waals surface area contributed by atoms with Crippen LogP contribution in [0.3, 0.4) is 0 Å². The van der Waals surface area contributed by atoms with Crippen LogP contribution in [-0.4, -0.2) is 10.7 Å². The maximum absolute atomic E-state index is 12.0. The van der Waals surface area contributed by atoms with E-state index in [1.165, 1.54) is 5.56 Å². The van der Waals surface area contributed by atoms with E-state index in [0.717, 1.165) is 40.7 Å². The number of fused-ring (bicyclic) bond motifs is 1. The normalized spacial score (nSPS) is 12.1. The van der Waals surface area contributed by atoms with Crippen LogP contribution in [0.15, 0.2) is 79.0 Å². The van der Waals surface area contributed by atoms with Crippen LogP contribution in [0.1, 0.15) is 47.8 Å². The molecular formula is C26H25NO2. The van der Waals surface area contributed by atoms with Gasteiger partial charge in [-0.3, -0.25) is 4.79 Å². The number of ether oxygens (including phenoxy) is 1. The minimum Gasteiger partial charge on any atom is -0.488 e. The summed E-state index contributed by atoms with van der Waals surface area (Å²) >= 11 is 0. The van der Waals surface area contributed by atoms with E-state index in [0.29, 0.717) is 18.2 Å². The van der Waals surface area contributed by atoms with Crippen molar-refractivity contribution in [2.45, 2.75) is 32.8 Å². The van der Waals surface area contributed by atoms with Crippen LogP contribution in [0.4, 0.5) is 0 Å². The van der Waals surface area contributed by atoms with Crippen LogP contribution < -0.4 is 4.74 Å². The summed E-state index contributed by atoms with van der Waals surface area (Å²) in [5.41, 5.74) is 5.87. The van der Waals surface area contributed by atoms with Crippen molar-refractivity contribution in [3.63, 3.8) is 0 Å². The summed E-state index contributed by atoms with van der Waals surface area (Å²) in [4.78, 5) is 12.0. The lowest BCUT2D eigenvalue weighted by molar-refractivity contribution is 0.111. The molecular weight excluding hydrogens is 358 g/mol. The van der Waals surface area contributed by atoms with Crippen molar-refractivity contribution in [3.05, 3.63) is 95.8 Å². The molecule has 3 nitrogen and oxygen atoms in total. The van der Waals surface area contributed by atoms with E-state index in [1.807, 2.05) is 53.1 Å². The zero-order valence-corrected chi connectivity index (χ0v) is 16.8. The predicted molar refractivity (Wildman–Crippen MR) is 118 cm³/mol. The van der Waals surface area contributed by atoms with Crippen molar-refractivity contribution in [1.82, 2.24) is 4.40 Å². The first-order valence-corrected chi connectivity index (χ1v) is 10.1. The second kappa shape index (κ2) is 8.36. The van der Waals surface area contributed by atoms with Gasteiger partial charge in [0, 0.05) is 22.8 Å². The number of nitrogens with zero attached hydrogens (tertiary/aromatic N) is 1. The number of carbonyl (C=O) groups excluding carboxylic acids is 1. The molecule has 1 unspecified atom stereocenters. The van der Waals surface area contributed by atoms with Gasteiger partial charge < -0.3 is 9.14 Å². The Balaban J connectivity index is 1.82. The van der Waals surface area contributed by atoms with E-state index >= 15 is 0 Å². The molecule has 0 aliphatic carbocycles. The van der Waals surface area contributed by atoms with Crippen molar-refractivity contribution in [3.8, 4) is 16.9 Å². The highest BCUT2D eigenvalue weighted by Crippen LogP contribution is 2.37. The third-order valence-corrected chi connectivity index (χ3v) is 5.54. The topological polar surface area (TPSA) is 30.7 Å². The molecule has 3 heteroatoms. The summed E-state index contributed by atoms with van der Waals surface area (Å²) in [6.07, 6.45) is 3.91. The Morgan fingerprint density at radius 3 is 2.52 bits per heavy atom. The SMILES string of the molecule is CCC(C)c1ccc(OCc2ccccc2)c(-c2cc3ccccn3c2C=O)c1. The fourth-order valence-corrected chi connectivity index (χ4v) is 3.64. The van der Waals surface area contributed by atoms with Gasteiger partial charge in [0.05, 0.1) is 5.69 Å². The standard InChI is InChI=1S/C26H25NO2/c1-3-19(2)21-12-13-26(29-18-20-9-5-4-6-10-20)24(15-21)23-16-22-11-7-8-14-27(22)25(23)17-28/h4-17,19H,3,18H2,1-2H3. The van der Waals surface area contributed by atoms with Gasteiger partial charge in [-0.25, -0.2) is 0 Å². The Kier molecular flexibility index (Phi) is 5.48. The molecule has 0 amide bonds. The summed E-state index contributed by atoms with van der Waals surface area (Å²) < 4.78 is 8.15. The van der Waals surface area contributed by atoms with Crippen LogP contribution >= 0.6 is 0 Å². The van der Waals surface area contributed by atoms with Crippen molar-refractivity contribution in [2.75, 3.05) is 0 Å². The Bertz CT molecular complexity index is 1130. The molecule has 29 heavy (non-hydrogen) atoms. The van der Waals surface area contributed by atoms with Crippen LogP contribution in [0, 0.1) is 0 Å². The van der Waals surface area contributed by atoms with Crippen molar-refractivity contribution < 1.29 is 9.53 Å². The van der Waals surface area contributed by atoms with Crippen molar-refractivity contribution in [1.29, 1.82) is 0 Å². The van der Waals surface area contributed by atoms with Crippen molar-refractivity contribution in [2.24, 2.45) is 0 Å². The molecule has 0 aliphatic rings. The molecule has 4 aromatic rings. The minimum absolute atomic E-state index is 0.439. The van der Waals surface area contributed by atoms with Gasteiger partial charge in [-0.15, -0.1) is 0 Å². The second-order valence-corrected chi connectivity index (χ2v) is 7.40. The second-order valence-electron chi connectivity index (χ2n) is 7.40. The van der Waals surface area contributed by atoms with E-state index in [-0.39, 0.29) is 0 Å². The van der Waals surface area contributed by atoms with Gasteiger partial charge in [-0.1, -0.05) is 56.3 Å². The minimum atomic E-state index is 0.439. The Morgan fingerprint density at radius 2 is 1.76 bits per heavy atom. The lowest BCUT2D eigenvalue weighted by Gasteiger charge is -2.16. The summed E-state index contributed by atoms with van der Waals surface area (Å²) in [5.74, 6) is 1.23. The molecule has 2 aromatic carbocycles. The molecule has 1 atom stereocenters. The fraction of sp³-hybridized carbons (Fsp3) is 0.192. The zero-order chi connectivity index (χ0) is 20.2. The molecule has 2 aromatic heterocycles. The maximum atomic E-state index is 12.0. The quantitative estimate of drug-likeness (QED) is 0.341. The van der Waals surface area contributed by atoms with E-state index in [9.17, 15) is 4.79 Å². The molecule has 0 fully saturated rings. The highest BCUT2D eigenvalue weighted by Gasteiger charge is 2.17. The van der Waals surface area contributed by atoms with Gasteiger partial charge in [-0.05, 0) is 53.8 Å².